The Labute approximate surface area is 151 Å². The first-order valence-electron chi connectivity index (χ1n) is 8.59. The molecule has 0 fully saturated rings. The van der Waals surface area contributed by atoms with Gasteiger partial charge in [-0.3, -0.25) is 9.78 Å². The molecule has 4 rings (SSSR count). The Kier molecular flexibility index (Phi) is 3.58. The molecule has 2 N–H and O–H groups in total. The molecular formula is C21H19N3O2. The lowest BCUT2D eigenvalue weighted by Crippen LogP contribution is -2.33. The van der Waals surface area contributed by atoms with Crippen molar-refractivity contribution in [2.45, 2.75) is 32.6 Å². The van der Waals surface area contributed by atoms with E-state index in [1.807, 2.05) is 44.2 Å². The lowest BCUT2D eigenvalue weighted by atomic mass is 9.70. The zero-order valence-corrected chi connectivity index (χ0v) is 14.7. The summed E-state index contributed by atoms with van der Waals surface area (Å²) in [6.07, 6.45) is 2.75. The first kappa shape index (κ1) is 16.3. The summed E-state index contributed by atoms with van der Waals surface area (Å²) in [6.45, 7) is 4.07. The number of allylic oxidation sites excluding steroid dienone is 3. The zero-order valence-electron chi connectivity index (χ0n) is 14.7. The second-order valence-corrected chi connectivity index (χ2v) is 7.62. The smallest absolute Gasteiger partial charge is 0.205 e. The predicted molar refractivity (Wildman–Crippen MR) is 97.4 cm³/mol. The van der Waals surface area contributed by atoms with Gasteiger partial charge in [-0.15, -0.1) is 0 Å². The number of aromatic nitrogens is 1. The van der Waals surface area contributed by atoms with E-state index in [-0.39, 0.29) is 22.7 Å². The monoisotopic (exact) mass is 345 g/mol. The van der Waals surface area contributed by atoms with Gasteiger partial charge < -0.3 is 10.5 Å². The predicted octanol–water partition coefficient (Wildman–Crippen LogP) is 3.69. The number of nitriles is 1. The fraction of sp³-hybridized carbons (Fsp3) is 0.286. The standard InChI is InChI=1S/C21H19N3O2/c1-21(2)9-16(25)19-17(10-21)26-20(23)14(11-22)18(19)13-7-8-24-15-6-4-3-5-12(13)15/h3-8,18H,9-10,23H2,1-2H3. The molecule has 2 aliphatic rings. The van der Waals surface area contributed by atoms with Crippen molar-refractivity contribution in [3.8, 4) is 6.07 Å². The highest BCUT2D eigenvalue weighted by Crippen LogP contribution is 2.48. The van der Waals surface area contributed by atoms with E-state index < -0.39 is 5.92 Å². The maximum atomic E-state index is 13.0. The maximum Gasteiger partial charge on any atom is 0.205 e. The highest BCUT2D eigenvalue weighted by atomic mass is 16.5. The first-order valence-corrected chi connectivity index (χ1v) is 8.59. The topological polar surface area (TPSA) is 89.0 Å². The number of para-hydroxylation sites is 1. The van der Waals surface area contributed by atoms with Crippen LogP contribution in [-0.2, 0) is 9.53 Å². The molecule has 0 saturated carbocycles. The summed E-state index contributed by atoms with van der Waals surface area (Å²) < 4.78 is 5.74. The molecular weight excluding hydrogens is 326 g/mol. The molecule has 0 radical (unpaired) electrons. The van der Waals surface area contributed by atoms with E-state index in [4.69, 9.17) is 10.5 Å². The Morgan fingerprint density at radius 3 is 2.81 bits per heavy atom. The van der Waals surface area contributed by atoms with Crippen LogP contribution in [0.5, 0.6) is 0 Å². The van der Waals surface area contributed by atoms with Gasteiger partial charge in [0.15, 0.2) is 5.78 Å². The van der Waals surface area contributed by atoms with E-state index in [9.17, 15) is 10.1 Å². The summed E-state index contributed by atoms with van der Waals surface area (Å²) in [5.74, 6) is 0.180. The van der Waals surface area contributed by atoms with Crippen molar-refractivity contribution in [2.24, 2.45) is 11.1 Å². The average Bonchev–Trinajstić information content (AvgIpc) is 2.59. The van der Waals surface area contributed by atoms with Crippen molar-refractivity contribution in [2.75, 3.05) is 0 Å². The van der Waals surface area contributed by atoms with Crippen LogP contribution in [-0.4, -0.2) is 10.8 Å². The molecule has 0 bridgehead atoms. The number of hydrogen-bond acceptors (Lipinski definition) is 5. The molecule has 1 aliphatic carbocycles. The van der Waals surface area contributed by atoms with Crippen LogP contribution in [0.4, 0.5) is 0 Å². The number of nitrogens with zero attached hydrogens (tertiary/aromatic N) is 2. The summed E-state index contributed by atoms with van der Waals surface area (Å²) in [5, 5.41) is 10.6. The number of carbonyl (C=O) groups excluding carboxylic acids is 1. The van der Waals surface area contributed by atoms with Crippen LogP contribution in [0, 0.1) is 16.7 Å². The minimum Gasteiger partial charge on any atom is -0.444 e. The molecule has 26 heavy (non-hydrogen) atoms. The minimum atomic E-state index is -0.514. The average molecular weight is 345 g/mol. The van der Waals surface area contributed by atoms with Crippen LogP contribution >= 0.6 is 0 Å². The number of ether oxygens (including phenoxy) is 1. The van der Waals surface area contributed by atoms with Gasteiger partial charge in [0.1, 0.15) is 17.4 Å². The van der Waals surface area contributed by atoms with Gasteiger partial charge in [0.2, 0.25) is 5.88 Å². The summed E-state index contributed by atoms with van der Waals surface area (Å²) >= 11 is 0. The molecule has 0 spiro atoms. The van der Waals surface area contributed by atoms with Gasteiger partial charge in [-0.2, -0.15) is 5.26 Å². The van der Waals surface area contributed by atoms with Gasteiger partial charge in [0.25, 0.3) is 0 Å². The highest BCUT2D eigenvalue weighted by Gasteiger charge is 2.43. The van der Waals surface area contributed by atoms with Crippen molar-refractivity contribution in [3.63, 3.8) is 0 Å². The van der Waals surface area contributed by atoms with E-state index >= 15 is 0 Å². The van der Waals surface area contributed by atoms with E-state index in [1.54, 1.807) is 6.20 Å². The summed E-state index contributed by atoms with van der Waals surface area (Å²) in [7, 11) is 0. The van der Waals surface area contributed by atoms with Crippen LogP contribution < -0.4 is 5.73 Å². The van der Waals surface area contributed by atoms with Gasteiger partial charge in [0, 0.05) is 30.0 Å². The van der Waals surface area contributed by atoms with Gasteiger partial charge in [-0.05, 0) is 23.1 Å². The Balaban J connectivity index is 1.99. The Bertz CT molecular complexity index is 1040. The van der Waals surface area contributed by atoms with Crippen molar-refractivity contribution < 1.29 is 9.53 Å². The summed E-state index contributed by atoms with van der Waals surface area (Å²) in [6, 6.07) is 11.7. The lowest BCUT2D eigenvalue weighted by molar-refractivity contribution is -0.119. The number of nitrogens with two attached hydrogens (primary N) is 1. The number of carbonyl (C=O) groups is 1. The van der Waals surface area contributed by atoms with Crippen LogP contribution in [0.15, 0.2) is 59.3 Å². The minimum absolute atomic E-state index is 0.0161. The fourth-order valence-corrected chi connectivity index (χ4v) is 3.97. The van der Waals surface area contributed by atoms with Crippen LogP contribution in [0.25, 0.3) is 10.9 Å². The van der Waals surface area contributed by atoms with Gasteiger partial charge in [-0.25, -0.2) is 0 Å². The first-order chi connectivity index (χ1) is 12.4. The SMILES string of the molecule is CC1(C)CC(=O)C2=C(C1)OC(N)=C(C#N)C2c1ccnc2ccccc12. The molecule has 1 aliphatic heterocycles. The fourth-order valence-electron chi connectivity index (χ4n) is 3.97. The lowest BCUT2D eigenvalue weighted by Gasteiger charge is -2.37. The number of rotatable bonds is 1. The van der Waals surface area contributed by atoms with Crippen LogP contribution in [0.2, 0.25) is 0 Å². The molecule has 1 aromatic heterocycles. The van der Waals surface area contributed by atoms with Crippen LogP contribution in [0.3, 0.4) is 0 Å². The highest BCUT2D eigenvalue weighted by molar-refractivity contribution is 6.01. The molecule has 2 heterocycles. The molecule has 5 heteroatoms. The van der Waals surface area contributed by atoms with E-state index in [0.29, 0.717) is 24.2 Å². The Morgan fingerprint density at radius 1 is 1.27 bits per heavy atom. The molecule has 2 aromatic rings. The molecule has 1 unspecified atom stereocenters. The van der Waals surface area contributed by atoms with Crippen LogP contribution in [0.1, 0.15) is 38.2 Å². The third-order valence-corrected chi connectivity index (χ3v) is 5.07. The van der Waals surface area contributed by atoms with Crippen molar-refractivity contribution >= 4 is 16.7 Å². The quantitative estimate of drug-likeness (QED) is 0.851. The summed E-state index contributed by atoms with van der Waals surface area (Å²) in [5.41, 5.74) is 8.41. The second-order valence-electron chi connectivity index (χ2n) is 7.62. The van der Waals surface area contributed by atoms with E-state index in [2.05, 4.69) is 11.1 Å². The third kappa shape index (κ3) is 2.46. The third-order valence-electron chi connectivity index (χ3n) is 5.07. The number of ketones is 1. The largest absolute Gasteiger partial charge is 0.444 e. The molecule has 1 aromatic carbocycles. The Hall–Kier alpha value is -3.13. The Morgan fingerprint density at radius 2 is 2.04 bits per heavy atom. The number of fused-ring (bicyclic) bond motifs is 1. The molecule has 5 nitrogen and oxygen atoms in total. The molecule has 1 atom stereocenters. The van der Waals surface area contributed by atoms with Gasteiger partial charge in [0.05, 0.1) is 11.4 Å². The number of pyridine rings is 1. The number of benzene rings is 1. The van der Waals surface area contributed by atoms with E-state index in [0.717, 1.165) is 16.5 Å². The molecule has 130 valence electrons. The van der Waals surface area contributed by atoms with Gasteiger partial charge >= 0.3 is 0 Å². The molecule has 0 saturated heterocycles. The summed E-state index contributed by atoms with van der Waals surface area (Å²) in [4.78, 5) is 17.4. The van der Waals surface area contributed by atoms with E-state index in [1.165, 1.54) is 0 Å². The van der Waals surface area contributed by atoms with Crippen molar-refractivity contribution in [1.82, 2.24) is 4.98 Å². The molecule has 0 amide bonds. The second kappa shape index (κ2) is 5.70. The zero-order chi connectivity index (χ0) is 18.5. The maximum absolute atomic E-state index is 13.0. The number of Topliss-reactive ketones (excluding diaryl/α,β-unsaturated/α-hetero) is 1. The van der Waals surface area contributed by atoms with Crippen molar-refractivity contribution in [1.29, 1.82) is 5.26 Å². The normalized spacial score (nSPS) is 22.0. The van der Waals surface area contributed by atoms with Gasteiger partial charge in [-0.1, -0.05) is 32.0 Å². The van der Waals surface area contributed by atoms with Crippen molar-refractivity contribution in [3.05, 3.63) is 64.9 Å². The number of hydrogen-bond donors (Lipinski definition) is 1.